The molecule has 1 rings (SSSR count). The largest absolute Gasteiger partial charge is 0.385 e. The third-order valence-corrected chi connectivity index (χ3v) is 3.81. The zero-order valence-corrected chi connectivity index (χ0v) is 12.5. The summed E-state index contributed by atoms with van der Waals surface area (Å²) in [6.45, 7) is 7.20. The second kappa shape index (κ2) is 8.51. The minimum Gasteiger partial charge on any atom is -0.385 e. The molecule has 0 aliphatic carbocycles. The molecule has 1 amide bonds. The van der Waals surface area contributed by atoms with Crippen molar-refractivity contribution in [1.82, 2.24) is 10.2 Å². The highest BCUT2D eigenvalue weighted by molar-refractivity contribution is 5.81. The van der Waals surface area contributed by atoms with E-state index < -0.39 is 6.04 Å². The van der Waals surface area contributed by atoms with E-state index in [0.717, 1.165) is 32.4 Å². The van der Waals surface area contributed by atoms with Crippen LogP contribution in [-0.2, 0) is 9.53 Å². The van der Waals surface area contributed by atoms with E-state index in [-0.39, 0.29) is 11.9 Å². The van der Waals surface area contributed by atoms with Gasteiger partial charge >= 0.3 is 0 Å². The minimum absolute atomic E-state index is 0.0147. The van der Waals surface area contributed by atoms with Gasteiger partial charge in [0.1, 0.15) is 0 Å². The summed E-state index contributed by atoms with van der Waals surface area (Å²) in [6, 6.07) is 0.474. The third-order valence-electron chi connectivity index (χ3n) is 3.81. The number of nitrogens with two attached hydrogens (primary N) is 1. The van der Waals surface area contributed by atoms with Gasteiger partial charge in [0.05, 0.1) is 6.04 Å². The summed E-state index contributed by atoms with van der Waals surface area (Å²) in [4.78, 5) is 14.4. The van der Waals surface area contributed by atoms with Crippen molar-refractivity contribution in [1.29, 1.82) is 0 Å². The molecule has 0 aromatic carbocycles. The number of rotatable bonds is 7. The number of amides is 1. The molecule has 1 heterocycles. The zero-order valence-electron chi connectivity index (χ0n) is 12.5. The van der Waals surface area contributed by atoms with Crippen LogP contribution in [0.1, 0.15) is 39.5 Å². The number of ether oxygens (including phenoxy) is 1. The van der Waals surface area contributed by atoms with Crippen LogP contribution in [0.4, 0.5) is 0 Å². The summed E-state index contributed by atoms with van der Waals surface area (Å²) in [5.74, 6) is -0.0147. The van der Waals surface area contributed by atoms with E-state index in [9.17, 15) is 4.79 Å². The predicted molar refractivity (Wildman–Crippen MR) is 77.0 cm³/mol. The van der Waals surface area contributed by atoms with Crippen LogP contribution in [0.2, 0.25) is 0 Å². The Morgan fingerprint density at radius 1 is 1.42 bits per heavy atom. The molecule has 0 saturated carbocycles. The number of likely N-dealkylation sites (tertiary alicyclic amines) is 1. The summed E-state index contributed by atoms with van der Waals surface area (Å²) in [6.07, 6.45) is 3.56. The Morgan fingerprint density at radius 2 is 2.05 bits per heavy atom. The van der Waals surface area contributed by atoms with Gasteiger partial charge in [0.2, 0.25) is 5.91 Å². The number of methoxy groups -OCH3 is 1. The maximum atomic E-state index is 11.9. The Morgan fingerprint density at radius 3 is 2.58 bits per heavy atom. The summed E-state index contributed by atoms with van der Waals surface area (Å²) >= 11 is 0. The fraction of sp³-hybridized carbons (Fsp3) is 0.929. The highest BCUT2D eigenvalue weighted by atomic mass is 16.5. The summed E-state index contributed by atoms with van der Waals surface area (Å²) in [5.41, 5.74) is 5.87. The molecule has 0 radical (unpaired) electrons. The number of hydrogen-bond donors (Lipinski definition) is 2. The van der Waals surface area contributed by atoms with Crippen LogP contribution in [0, 0.1) is 0 Å². The molecule has 19 heavy (non-hydrogen) atoms. The fourth-order valence-electron chi connectivity index (χ4n) is 2.45. The zero-order chi connectivity index (χ0) is 14.3. The highest BCUT2D eigenvalue weighted by Crippen LogP contribution is 2.13. The smallest absolute Gasteiger partial charge is 0.237 e. The van der Waals surface area contributed by atoms with Crippen molar-refractivity contribution in [3.8, 4) is 0 Å². The summed E-state index contributed by atoms with van der Waals surface area (Å²) in [7, 11) is 1.66. The van der Waals surface area contributed by atoms with Gasteiger partial charge < -0.3 is 20.7 Å². The first-order chi connectivity index (χ1) is 9.04. The molecular formula is C14H29N3O2. The van der Waals surface area contributed by atoms with Crippen molar-refractivity contribution >= 4 is 5.91 Å². The van der Waals surface area contributed by atoms with Gasteiger partial charge in [-0.15, -0.1) is 0 Å². The Kier molecular flexibility index (Phi) is 7.34. The average Bonchev–Trinajstić information content (AvgIpc) is 2.39. The topological polar surface area (TPSA) is 67.6 Å². The van der Waals surface area contributed by atoms with Gasteiger partial charge in [-0.05, 0) is 39.5 Å². The minimum atomic E-state index is -0.404. The van der Waals surface area contributed by atoms with Crippen molar-refractivity contribution in [2.45, 2.75) is 57.7 Å². The van der Waals surface area contributed by atoms with E-state index in [1.165, 1.54) is 0 Å². The van der Waals surface area contributed by atoms with Gasteiger partial charge in [-0.25, -0.2) is 0 Å². The molecule has 1 fully saturated rings. The third kappa shape index (κ3) is 5.89. The number of carbonyl (C=O) groups is 1. The van der Waals surface area contributed by atoms with Gasteiger partial charge in [-0.2, -0.15) is 0 Å². The first-order valence-corrected chi connectivity index (χ1v) is 7.33. The van der Waals surface area contributed by atoms with E-state index in [0.29, 0.717) is 19.1 Å². The van der Waals surface area contributed by atoms with Crippen molar-refractivity contribution < 1.29 is 9.53 Å². The van der Waals surface area contributed by atoms with E-state index in [1.54, 1.807) is 7.11 Å². The Labute approximate surface area is 116 Å². The molecule has 1 aliphatic rings. The van der Waals surface area contributed by atoms with E-state index in [4.69, 9.17) is 10.5 Å². The van der Waals surface area contributed by atoms with Crippen LogP contribution in [0.15, 0.2) is 0 Å². The van der Waals surface area contributed by atoms with Gasteiger partial charge in [-0.1, -0.05) is 0 Å². The van der Waals surface area contributed by atoms with Crippen molar-refractivity contribution in [2.24, 2.45) is 5.73 Å². The van der Waals surface area contributed by atoms with Crippen LogP contribution < -0.4 is 11.1 Å². The van der Waals surface area contributed by atoms with E-state index >= 15 is 0 Å². The predicted octanol–water partition coefficient (Wildman–Crippen LogP) is 0.729. The summed E-state index contributed by atoms with van der Waals surface area (Å²) in [5, 5.41) is 3.07. The number of piperidine rings is 1. The molecule has 0 aromatic rings. The first-order valence-electron chi connectivity index (χ1n) is 7.33. The van der Waals surface area contributed by atoms with Crippen LogP contribution in [-0.4, -0.2) is 55.7 Å². The second-order valence-electron chi connectivity index (χ2n) is 5.65. The molecule has 0 bridgehead atoms. The van der Waals surface area contributed by atoms with Crippen molar-refractivity contribution in [2.75, 3.05) is 26.8 Å². The lowest BCUT2D eigenvalue weighted by Crippen LogP contribution is -2.50. The molecule has 1 unspecified atom stereocenters. The lowest BCUT2D eigenvalue weighted by molar-refractivity contribution is -0.123. The van der Waals surface area contributed by atoms with Crippen LogP contribution >= 0.6 is 0 Å². The molecule has 5 heteroatoms. The molecule has 112 valence electrons. The number of carbonyl (C=O) groups excluding carboxylic acids is 1. The van der Waals surface area contributed by atoms with Crippen LogP contribution in [0.3, 0.4) is 0 Å². The van der Waals surface area contributed by atoms with E-state index in [2.05, 4.69) is 24.1 Å². The fourth-order valence-corrected chi connectivity index (χ4v) is 2.45. The normalized spacial score (nSPS) is 19.6. The van der Waals surface area contributed by atoms with Crippen LogP contribution in [0.25, 0.3) is 0 Å². The van der Waals surface area contributed by atoms with Crippen LogP contribution in [0.5, 0.6) is 0 Å². The van der Waals surface area contributed by atoms with Crippen molar-refractivity contribution in [3.63, 3.8) is 0 Å². The maximum Gasteiger partial charge on any atom is 0.237 e. The molecule has 1 saturated heterocycles. The Bertz CT molecular complexity index is 263. The lowest BCUT2D eigenvalue weighted by atomic mass is 10.0. The summed E-state index contributed by atoms with van der Waals surface area (Å²) < 4.78 is 4.96. The van der Waals surface area contributed by atoms with Gasteiger partial charge in [0.25, 0.3) is 0 Å². The first kappa shape index (κ1) is 16.4. The highest BCUT2D eigenvalue weighted by Gasteiger charge is 2.23. The maximum absolute atomic E-state index is 11.9. The molecule has 1 atom stereocenters. The monoisotopic (exact) mass is 271 g/mol. The molecular weight excluding hydrogens is 242 g/mol. The van der Waals surface area contributed by atoms with E-state index in [1.807, 2.05) is 0 Å². The van der Waals surface area contributed by atoms with Crippen molar-refractivity contribution in [3.05, 3.63) is 0 Å². The standard InChI is InChI=1S/C14H29N3O2/c1-11(2)17-8-6-12(7-9-17)16-14(18)13(15)5-4-10-19-3/h11-13H,4-10,15H2,1-3H3,(H,16,18). The quantitative estimate of drug-likeness (QED) is 0.670. The molecule has 3 N–H and O–H groups in total. The molecule has 1 aliphatic heterocycles. The Hall–Kier alpha value is -0.650. The lowest BCUT2D eigenvalue weighted by Gasteiger charge is -2.35. The van der Waals surface area contributed by atoms with Gasteiger partial charge in [0, 0.05) is 38.9 Å². The molecule has 0 spiro atoms. The number of hydrogen-bond acceptors (Lipinski definition) is 4. The van der Waals surface area contributed by atoms with Gasteiger partial charge in [-0.3, -0.25) is 4.79 Å². The molecule has 5 nitrogen and oxygen atoms in total. The molecule has 0 aromatic heterocycles. The Balaban J connectivity index is 2.22. The average molecular weight is 271 g/mol. The number of nitrogens with one attached hydrogen (secondary N) is 1. The second-order valence-corrected chi connectivity index (χ2v) is 5.65. The SMILES string of the molecule is COCCCC(N)C(=O)NC1CCN(C(C)C)CC1. The number of nitrogens with zero attached hydrogens (tertiary/aromatic N) is 1. The van der Waals surface area contributed by atoms with Gasteiger partial charge in [0.15, 0.2) is 0 Å².